The van der Waals surface area contributed by atoms with Crippen molar-refractivity contribution >= 4 is 35.3 Å². The minimum atomic E-state index is -0.880. The Kier molecular flexibility index (Phi) is 8.12. The number of anilines is 2. The maximum absolute atomic E-state index is 12.1. The highest BCUT2D eigenvalue weighted by molar-refractivity contribution is 6.39. The molecule has 0 spiro atoms. The van der Waals surface area contributed by atoms with Gasteiger partial charge in [0.1, 0.15) is 5.75 Å². The summed E-state index contributed by atoms with van der Waals surface area (Å²) >= 11 is 0. The summed E-state index contributed by atoms with van der Waals surface area (Å²) in [5, 5.41) is 9.14. The van der Waals surface area contributed by atoms with Crippen LogP contribution in [-0.4, -0.2) is 30.5 Å². The molecule has 0 atom stereocenters. The van der Waals surface area contributed by atoms with Gasteiger partial charge in [-0.2, -0.15) is 5.10 Å². The van der Waals surface area contributed by atoms with E-state index in [1.54, 1.807) is 36.4 Å². The lowest BCUT2D eigenvalue weighted by molar-refractivity contribution is -0.136. The van der Waals surface area contributed by atoms with Crippen molar-refractivity contribution in [3.05, 3.63) is 89.0 Å². The van der Waals surface area contributed by atoms with E-state index in [4.69, 9.17) is 4.74 Å². The molecule has 0 saturated heterocycles. The monoisotopic (exact) mass is 458 g/mol. The fourth-order valence-electron chi connectivity index (χ4n) is 2.92. The molecule has 0 fully saturated rings. The Balaban J connectivity index is 1.44. The van der Waals surface area contributed by atoms with Gasteiger partial charge < -0.3 is 15.4 Å². The SMILES string of the molecule is Cc1ccc(NC(=O)C(=O)N/N=C\c2ccc(OCC(=O)Nc3ccccc3C)cc2)cc1C. The second-order valence-electron chi connectivity index (χ2n) is 7.67. The van der Waals surface area contributed by atoms with E-state index in [-0.39, 0.29) is 12.5 Å². The van der Waals surface area contributed by atoms with Crippen molar-refractivity contribution in [1.29, 1.82) is 0 Å². The summed E-state index contributed by atoms with van der Waals surface area (Å²) < 4.78 is 5.50. The first-order valence-corrected chi connectivity index (χ1v) is 10.6. The molecule has 0 radical (unpaired) electrons. The Morgan fingerprint density at radius 3 is 2.26 bits per heavy atom. The quantitative estimate of drug-likeness (QED) is 0.285. The number of carbonyl (C=O) groups excluding carboxylic acids is 3. The minimum Gasteiger partial charge on any atom is -0.484 e. The smallest absolute Gasteiger partial charge is 0.329 e. The van der Waals surface area contributed by atoms with Gasteiger partial charge in [0, 0.05) is 11.4 Å². The molecule has 3 N–H and O–H groups in total. The molecule has 0 unspecified atom stereocenters. The van der Waals surface area contributed by atoms with Crippen LogP contribution in [0.4, 0.5) is 11.4 Å². The number of ether oxygens (including phenoxy) is 1. The number of hydrogen-bond acceptors (Lipinski definition) is 5. The van der Waals surface area contributed by atoms with Gasteiger partial charge in [-0.15, -0.1) is 0 Å². The van der Waals surface area contributed by atoms with Crippen molar-refractivity contribution in [2.45, 2.75) is 20.8 Å². The summed E-state index contributed by atoms with van der Waals surface area (Å²) in [4.78, 5) is 36.0. The Morgan fingerprint density at radius 1 is 0.824 bits per heavy atom. The van der Waals surface area contributed by atoms with Gasteiger partial charge in [0.15, 0.2) is 6.61 Å². The number of carbonyl (C=O) groups is 3. The lowest BCUT2D eigenvalue weighted by Gasteiger charge is -2.09. The minimum absolute atomic E-state index is 0.132. The first-order chi connectivity index (χ1) is 16.3. The largest absolute Gasteiger partial charge is 0.484 e. The molecule has 0 aliphatic rings. The molecule has 0 saturated carbocycles. The van der Waals surface area contributed by atoms with Crippen molar-refractivity contribution in [1.82, 2.24) is 5.43 Å². The van der Waals surface area contributed by atoms with Crippen molar-refractivity contribution in [3.63, 3.8) is 0 Å². The average Bonchev–Trinajstić information content (AvgIpc) is 2.82. The van der Waals surface area contributed by atoms with Crippen LogP contribution in [0.3, 0.4) is 0 Å². The molecule has 8 heteroatoms. The zero-order chi connectivity index (χ0) is 24.5. The van der Waals surface area contributed by atoms with E-state index < -0.39 is 11.8 Å². The van der Waals surface area contributed by atoms with Gasteiger partial charge in [0.2, 0.25) is 0 Å². The van der Waals surface area contributed by atoms with Crippen molar-refractivity contribution in [2.24, 2.45) is 5.10 Å². The fraction of sp³-hybridized carbons (Fsp3) is 0.154. The summed E-state index contributed by atoms with van der Waals surface area (Å²) in [7, 11) is 0. The third-order valence-electron chi connectivity index (χ3n) is 5.02. The highest BCUT2D eigenvalue weighted by Crippen LogP contribution is 2.15. The van der Waals surface area contributed by atoms with E-state index in [9.17, 15) is 14.4 Å². The number of benzene rings is 3. The molecule has 0 aliphatic heterocycles. The number of para-hydroxylation sites is 1. The van der Waals surface area contributed by atoms with Crippen molar-refractivity contribution < 1.29 is 19.1 Å². The van der Waals surface area contributed by atoms with Gasteiger partial charge in [0.05, 0.1) is 6.21 Å². The second kappa shape index (κ2) is 11.4. The number of amides is 3. The van der Waals surface area contributed by atoms with Crippen LogP contribution >= 0.6 is 0 Å². The topological polar surface area (TPSA) is 109 Å². The van der Waals surface area contributed by atoms with Crippen LogP contribution in [0.2, 0.25) is 0 Å². The highest BCUT2D eigenvalue weighted by atomic mass is 16.5. The lowest BCUT2D eigenvalue weighted by atomic mass is 10.1. The van der Waals surface area contributed by atoms with Crippen LogP contribution in [0.15, 0.2) is 71.8 Å². The second-order valence-corrected chi connectivity index (χ2v) is 7.67. The van der Waals surface area contributed by atoms with Crippen LogP contribution in [-0.2, 0) is 14.4 Å². The molecule has 34 heavy (non-hydrogen) atoms. The Labute approximate surface area is 198 Å². The number of hydrogen-bond donors (Lipinski definition) is 3. The van der Waals surface area contributed by atoms with E-state index in [2.05, 4.69) is 21.2 Å². The zero-order valence-corrected chi connectivity index (χ0v) is 19.2. The van der Waals surface area contributed by atoms with Crippen LogP contribution in [0, 0.1) is 20.8 Å². The summed E-state index contributed by atoms with van der Waals surface area (Å²) in [6, 6.07) is 19.6. The van der Waals surface area contributed by atoms with Crippen LogP contribution in [0.1, 0.15) is 22.3 Å². The third-order valence-corrected chi connectivity index (χ3v) is 5.02. The number of hydrazone groups is 1. The summed E-state index contributed by atoms with van der Waals surface area (Å²) in [6.45, 7) is 5.67. The number of aryl methyl sites for hydroxylation is 3. The van der Waals surface area contributed by atoms with E-state index in [0.29, 0.717) is 17.0 Å². The van der Waals surface area contributed by atoms with Crippen LogP contribution < -0.4 is 20.8 Å². The third kappa shape index (κ3) is 7.03. The molecular weight excluding hydrogens is 432 g/mol. The Bertz CT molecular complexity index is 1220. The fourth-order valence-corrected chi connectivity index (χ4v) is 2.92. The van der Waals surface area contributed by atoms with Gasteiger partial charge in [-0.05, 0) is 85.5 Å². The molecule has 0 aliphatic carbocycles. The van der Waals surface area contributed by atoms with Crippen LogP contribution in [0.25, 0.3) is 0 Å². The predicted molar refractivity (Wildman–Crippen MR) is 132 cm³/mol. The highest BCUT2D eigenvalue weighted by Gasteiger charge is 2.13. The van der Waals surface area contributed by atoms with E-state index >= 15 is 0 Å². The number of rotatable bonds is 7. The molecule has 3 rings (SSSR count). The van der Waals surface area contributed by atoms with E-state index in [0.717, 1.165) is 22.4 Å². The van der Waals surface area contributed by atoms with Gasteiger partial charge >= 0.3 is 11.8 Å². The Hall–Kier alpha value is -4.46. The van der Waals surface area contributed by atoms with Gasteiger partial charge in [-0.1, -0.05) is 24.3 Å². The maximum atomic E-state index is 12.1. The molecule has 0 heterocycles. The molecule has 3 aromatic rings. The molecular formula is C26H26N4O4. The van der Waals surface area contributed by atoms with Crippen molar-refractivity contribution in [3.8, 4) is 5.75 Å². The summed E-state index contributed by atoms with van der Waals surface area (Å²) in [6.07, 6.45) is 1.40. The van der Waals surface area contributed by atoms with Crippen LogP contribution in [0.5, 0.6) is 5.75 Å². The standard InChI is InChI=1S/C26H26N4O4/c1-17-8-11-21(14-19(17)3)28-25(32)26(33)30-27-15-20-9-12-22(13-10-20)34-16-24(31)29-23-7-5-4-6-18(23)2/h4-15H,16H2,1-3H3,(H,28,32)(H,29,31)(H,30,33)/b27-15-. The molecule has 0 aromatic heterocycles. The summed E-state index contributed by atoms with van der Waals surface area (Å²) in [5.74, 6) is -1.45. The first-order valence-electron chi connectivity index (χ1n) is 10.6. The van der Waals surface area contributed by atoms with Gasteiger partial charge in [-0.3, -0.25) is 14.4 Å². The lowest BCUT2D eigenvalue weighted by Crippen LogP contribution is -2.32. The van der Waals surface area contributed by atoms with Gasteiger partial charge in [0.25, 0.3) is 5.91 Å². The molecule has 3 aromatic carbocycles. The van der Waals surface area contributed by atoms with E-state index in [1.165, 1.54) is 6.21 Å². The number of nitrogens with zero attached hydrogens (tertiary/aromatic N) is 1. The maximum Gasteiger partial charge on any atom is 0.329 e. The van der Waals surface area contributed by atoms with Crippen molar-refractivity contribution in [2.75, 3.05) is 17.2 Å². The Morgan fingerprint density at radius 2 is 1.56 bits per heavy atom. The number of nitrogens with one attached hydrogen (secondary N) is 3. The van der Waals surface area contributed by atoms with E-state index in [1.807, 2.05) is 51.1 Å². The zero-order valence-electron chi connectivity index (χ0n) is 19.2. The molecule has 3 amide bonds. The summed E-state index contributed by atoms with van der Waals surface area (Å²) in [5.41, 5.74) is 7.22. The first kappa shape index (κ1) is 24.2. The molecule has 8 nitrogen and oxygen atoms in total. The molecule has 0 bridgehead atoms. The predicted octanol–water partition coefficient (Wildman–Crippen LogP) is 3.72. The average molecular weight is 459 g/mol. The normalized spacial score (nSPS) is 10.6. The van der Waals surface area contributed by atoms with Gasteiger partial charge in [-0.25, -0.2) is 5.43 Å². The molecule has 174 valence electrons.